The van der Waals surface area contributed by atoms with Gasteiger partial charge in [0.15, 0.2) is 0 Å². The molecule has 1 aromatic heterocycles. The Bertz CT molecular complexity index is 538. The number of pyridine rings is 1. The summed E-state index contributed by atoms with van der Waals surface area (Å²) in [5.41, 5.74) is 0.691. The van der Waals surface area contributed by atoms with Crippen LogP contribution in [-0.2, 0) is 9.47 Å². The molecule has 0 unspecified atom stereocenters. The summed E-state index contributed by atoms with van der Waals surface area (Å²) < 4.78 is 10.3. The minimum Gasteiger partial charge on any atom is -0.385 e. The van der Waals surface area contributed by atoms with E-state index in [2.05, 4.69) is 16.8 Å². The lowest BCUT2D eigenvalue weighted by molar-refractivity contribution is 0.0674. The molecule has 2 heterocycles. The topological polar surface area (TPSA) is 54.9 Å². The molecule has 1 aliphatic rings. The summed E-state index contributed by atoms with van der Waals surface area (Å²) in [6, 6.07) is 4.20. The summed E-state index contributed by atoms with van der Waals surface area (Å²) in [7, 11) is 3.33. The molecular weight excluding hydrogens is 318 g/mol. The second kappa shape index (κ2) is 10.4. The third kappa shape index (κ3) is 5.68. The number of rotatable bonds is 9. The van der Waals surface area contributed by atoms with Crippen LogP contribution >= 0.6 is 0 Å². The van der Waals surface area contributed by atoms with Crippen molar-refractivity contribution in [2.24, 2.45) is 0 Å². The average molecular weight is 349 g/mol. The van der Waals surface area contributed by atoms with E-state index in [4.69, 9.17) is 9.47 Å². The molecule has 6 heteroatoms. The quantitative estimate of drug-likeness (QED) is 0.642. The van der Waals surface area contributed by atoms with E-state index in [-0.39, 0.29) is 5.91 Å². The highest BCUT2D eigenvalue weighted by Gasteiger charge is 2.22. The molecule has 1 amide bonds. The summed E-state index contributed by atoms with van der Waals surface area (Å²) in [6.07, 6.45) is 6.18. The Morgan fingerprint density at radius 2 is 2.08 bits per heavy atom. The second-order valence-electron chi connectivity index (χ2n) is 6.57. The number of piperidine rings is 1. The molecule has 1 aliphatic heterocycles. The zero-order chi connectivity index (χ0) is 18.1. The van der Waals surface area contributed by atoms with Crippen LogP contribution in [0.1, 0.15) is 43.0 Å². The smallest absolute Gasteiger partial charge is 0.254 e. The molecule has 0 radical (unpaired) electrons. The zero-order valence-electron chi connectivity index (χ0n) is 15.7. The van der Waals surface area contributed by atoms with E-state index in [1.54, 1.807) is 26.5 Å². The highest BCUT2D eigenvalue weighted by molar-refractivity contribution is 5.94. The standard InChI is InChI=1S/C19H31N3O3/c1-16-7-4-5-11-22(16)18-15-17(8-9-20-18)19(23)21(12-14-25-3)10-6-13-24-2/h8-9,15-16H,4-7,10-14H2,1-3H3/t16-/m1/s1. The molecular formula is C19H31N3O3. The molecule has 0 aliphatic carbocycles. The van der Waals surface area contributed by atoms with Gasteiger partial charge in [-0.15, -0.1) is 0 Å². The molecule has 0 spiro atoms. The highest BCUT2D eigenvalue weighted by atomic mass is 16.5. The molecule has 1 fully saturated rings. The maximum absolute atomic E-state index is 12.9. The molecule has 1 atom stereocenters. The predicted molar refractivity (Wildman–Crippen MR) is 99.2 cm³/mol. The van der Waals surface area contributed by atoms with E-state index in [1.165, 1.54) is 19.3 Å². The molecule has 140 valence electrons. The zero-order valence-corrected chi connectivity index (χ0v) is 15.7. The maximum atomic E-state index is 12.9. The Morgan fingerprint density at radius 1 is 1.28 bits per heavy atom. The van der Waals surface area contributed by atoms with Gasteiger partial charge in [0.05, 0.1) is 6.61 Å². The van der Waals surface area contributed by atoms with Crippen LogP contribution in [0.5, 0.6) is 0 Å². The molecule has 0 N–H and O–H groups in total. The molecule has 1 saturated heterocycles. The number of methoxy groups -OCH3 is 2. The lowest BCUT2D eigenvalue weighted by Crippen LogP contribution is -2.38. The van der Waals surface area contributed by atoms with E-state index in [0.29, 0.717) is 37.9 Å². The normalized spacial score (nSPS) is 17.6. The molecule has 6 nitrogen and oxygen atoms in total. The minimum atomic E-state index is 0.0291. The molecule has 2 rings (SSSR count). The van der Waals surface area contributed by atoms with Crippen LogP contribution < -0.4 is 4.90 Å². The first-order valence-corrected chi connectivity index (χ1v) is 9.17. The Labute approximate surface area is 151 Å². The molecule has 1 aromatic rings. The van der Waals surface area contributed by atoms with Crippen molar-refractivity contribution in [1.29, 1.82) is 0 Å². The fourth-order valence-electron chi connectivity index (χ4n) is 3.25. The van der Waals surface area contributed by atoms with Gasteiger partial charge in [0.25, 0.3) is 5.91 Å². The SMILES string of the molecule is COCCCN(CCOC)C(=O)c1ccnc(N2CCCC[C@H]2C)c1. The van der Waals surface area contributed by atoms with Crippen molar-refractivity contribution in [3.63, 3.8) is 0 Å². The molecule has 0 aromatic carbocycles. The van der Waals surface area contributed by atoms with Gasteiger partial charge < -0.3 is 19.3 Å². The van der Waals surface area contributed by atoms with Crippen molar-refractivity contribution in [1.82, 2.24) is 9.88 Å². The fourth-order valence-corrected chi connectivity index (χ4v) is 3.25. The predicted octanol–water partition coefficient (Wildman–Crippen LogP) is 2.59. The van der Waals surface area contributed by atoms with Crippen molar-refractivity contribution in [3.05, 3.63) is 23.9 Å². The van der Waals surface area contributed by atoms with Crippen molar-refractivity contribution in [3.8, 4) is 0 Å². The van der Waals surface area contributed by atoms with Crippen molar-refractivity contribution < 1.29 is 14.3 Å². The van der Waals surface area contributed by atoms with Crippen LogP contribution in [0.25, 0.3) is 0 Å². The first-order chi connectivity index (χ1) is 12.2. The molecule has 0 bridgehead atoms. The summed E-state index contributed by atoms with van der Waals surface area (Å²) >= 11 is 0. The van der Waals surface area contributed by atoms with Crippen LogP contribution in [0.2, 0.25) is 0 Å². The van der Waals surface area contributed by atoms with E-state index in [9.17, 15) is 4.79 Å². The monoisotopic (exact) mass is 349 g/mol. The lowest BCUT2D eigenvalue weighted by Gasteiger charge is -2.34. The van der Waals surface area contributed by atoms with Crippen molar-refractivity contribution >= 4 is 11.7 Å². The van der Waals surface area contributed by atoms with E-state index >= 15 is 0 Å². The van der Waals surface area contributed by atoms with Gasteiger partial charge in [0.1, 0.15) is 5.82 Å². The Morgan fingerprint density at radius 3 is 2.80 bits per heavy atom. The number of carbonyl (C=O) groups excluding carboxylic acids is 1. The van der Waals surface area contributed by atoms with Crippen LogP contribution in [0.4, 0.5) is 5.82 Å². The van der Waals surface area contributed by atoms with Gasteiger partial charge in [0, 0.05) is 58.3 Å². The number of hydrogen-bond donors (Lipinski definition) is 0. The Balaban J connectivity index is 2.11. The number of aromatic nitrogens is 1. The largest absolute Gasteiger partial charge is 0.385 e. The van der Waals surface area contributed by atoms with Gasteiger partial charge >= 0.3 is 0 Å². The van der Waals surface area contributed by atoms with Gasteiger partial charge in [-0.2, -0.15) is 0 Å². The third-order valence-corrected chi connectivity index (χ3v) is 4.72. The van der Waals surface area contributed by atoms with E-state index in [0.717, 1.165) is 18.8 Å². The fraction of sp³-hybridized carbons (Fsp3) is 0.684. The van der Waals surface area contributed by atoms with Crippen molar-refractivity contribution in [2.45, 2.75) is 38.6 Å². The van der Waals surface area contributed by atoms with Crippen molar-refractivity contribution in [2.75, 3.05) is 52.0 Å². The summed E-state index contributed by atoms with van der Waals surface area (Å²) in [5, 5.41) is 0. The molecule has 0 saturated carbocycles. The molecule has 25 heavy (non-hydrogen) atoms. The van der Waals surface area contributed by atoms with Crippen LogP contribution in [0, 0.1) is 0 Å². The van der Waals surface area contributed by atoms with Gasteiger partial charge in [-0.05, 0) is 44.7 Å². The van der Waals surface area contributed by atoms with Gasteiger partial charge in [-0.25, -0.2) is 4.98 Å². The third-order valence-electron chi connectivity index (χ3n) is 4.72. The average Bonchev–Trinajstić information content (AvgIpc) is 2.64. The number of ether oxygens (including phenoxy) is 2. The summed E-state index contributed by atoms with van der Waals surface area (Å²) in [5.74, 6) is 0.933. The maximum Gasteiger partial charge on any atom is 0.254 e. The summed E-state index contributed by atoms with van der Waals surface area (Å²) in [4.78, 5) is 21.6. The van der Waals surface area contributed by atoms with Gasteiger partial charge in [-0.1, -0.05) is 0 Å². The number of hydrogen-bond acceptors (Lipinski definition) is 5. The highest BCUT2D eigenvalue weighted by Crippen LogP contribution is 2.23. The number of nitrogens with zero attached hydrogens (tertiary/aromatic N) is 3. The first-order valence-electron chi connectivity index (χ1n) is 9.17. The van der Waals surface area contributed by atoms with Crippen LogP contribution in [0.3, 0.4) is 0 Å². The summed E-state index contributed by atoms with van der Waals surface area (Å²) in [6.45, 7) is 5.64. The van der Waals surface area contributed by atoms with Gasteiger partial charge in [-0.3, -0.25) is 4.79 Å². The van der Waals surface area contributed by atoms with Crippen LogP contribution in [0.15, 0.2) is 18.3 Å². The number of carbonyl (C=O) groups is 1. The second-order valence-corrected chi connectivity index (χ2v) is 6.57. The van der Waals surface area contributed by atoms with E-state index < -0.39 is 0 Å². The number of amides is 1. The first kappa shape index (κ1) is 19.7. The Kier molecular flexibility index (Phi) is 8.15. The minimum absolute atomic E-state index is 0.0291. The van der Waals surface area contributed by atoms with Gasteiger partial charge in [0.2, 0.25) is 0 Å². The Hall–Kier alpha value is -1.66. The van der Waals surface area contributed by atoms with E-state index in [1.807, 2.05) is 11.0 Å². The lowest BCUT2D eigenvalue weighted by atomic mass is 10.0. The van der Waals surface area contributed by atoms with Crippen LogP contribution in [-0.4, -0.2) is 68.9 Å². The number of anilines is 1.